The molecule has 3 heterocycles. The summed E-state index contributed by atoms with van der Waals surface area (Å²) in [6, 6.07) is 14.6. The molecular weight excluding hydrogens is 526 g/mol. The number of hydrogen-bond donors (Lipinski definition) is 1. The maximum atomic E-state index is 15.6. The zero-order valence-electron chi connectivity index (χ0n) is 21.5. The van der Waals surface area contributed by atoms with Crippen LogP contribution < -0.4 is 5.32 Å². The second-order valence-electron chi connectivity index (χ2n) is 9.75. The van der Waals surface area contributed by atoms with E-state index >= 15 is 4.39 Å². The number of ether oxygens (including phenoxy) is 1. The summed E-state index contributed by atoms with van der Waals surface area (Å²) < 4.78 is 71.0. The van der Waals surface area contributed by atoms with Crippen LogP contribution in [0.15, 0.2) is 65.3 Å². The molecule has 1 aliphatic heterocycles. The molecule has 1 aliphatic rings. The van der Waals surface area contributed by atoms with Crippen LogP contribution in [0, 0.1) is 5.82 Å². The summed E-state index contributed by atoms with van der Waals surface area (Å²) >= 11 is 0. The van der Waals surface area contributed by atoms with Gasteiger partial charge in [0.15, 0.2) is 11.4 Å². The first kappa shape index (κ1) is 26.1. The van der Waals surface area contributed by atoms with Crippen molar-refractivity contribution in [3.8, 4) is 34.0 Å². The highest BCUT2D eigenvalue weighted by molar-refractivity contribution is 5.92. The van der Waals surface area contributed by atoms with Gasteiger partial charge in [-0.2, -0.15) is 13.2 Å². The highest BCUT2D eigenvalue weighted by Gasteiger charge is 2.36. The molecule has 3 aromatic carbocycles. The lowest BCUT2D eigenvalue weighted by Gasteiger charge is -2.14. The van der Waals surface area contributed by atoms with E-state index in [0.717, 1.165) is 24.5 Å². The number of aryl methyl sites for hydroxylation is 1. The summed E-state index contributed by atoms with van der Waals surface area (Å²) in [6.07, 6.45) is -1.33. The SMILES string of the molecule is Cn1cnnc1-c1c(-c2ccccc2)ccc(F)c1-c1nc2cc(CNCC3CCCO3)cc(C(F)(F)F)c2o1. The van der Waals surface area contributed by atoms with Gasteiger partial charge in [-0.25, -0.2) is 9.37 Å². The van der Waals surface area contributed by atoms with E-state index in [4.69, 9.17) is 9.15 Å². The van der Waals surface area contributed by atoms with Crippen LogP contribution in [0.1, 0.15) is 24.0 Å². The Balaban J connectivity index is 1.50. The van der Waals surface area contributed by atoms with Gasteiger partial charge in [0, 0.05) is 32.3 Å². The molecule has 0 amide bonds. The van der Waals surface area contributed by atoms with Crippen LogP contribution in [0.5, 0.6) is 0 Å². The average molecular weight is 552 g/mol. The van der Waals surface area contributed by atoms with Crippen molar-refractivity contribution in [2.24, 2.45) is 7.05 Å². The molecule has 6 rings (SSSR count). The lowest BCUT2D eigenvalue weighted by atomic mass is 9.94. The minimum Gasteiger partial charge on any atom is -0.435 e. The Labute approximate surface area is 226 Å². The molecule has 11 heteroatoms. The standard InChI is InChI=1S/C29H25F4N5O2/c1-38-16-35-37-27(38)24-20(18-6-3-2-4-7-18)9-10-22(30)25(24)28-36-23-13-17(14-34-15-19-8-5-11-39-19)12-21(26(23)40-28)29(31,32)33/h2-4,6-7,9-10,12-13,16,19,34H,5,8,11,14-15H2,1H3. The molecule has 5 aromatic rings. The minimum absolute atomic E-state index is 0.0211. The molecule has 1 unspecified atom stereocenters. The number of alkyl halides is 3. The van der Waals surface area contributed by atoms with Crippen LogP contribution in [0.3, 0.4) is 0 Å². The van der Waals surface area contributed by atoms with E-state index in [2.05, 4.69) is 20.5 Å². The number of oxazole rings is 1. The zero-order chi connectivity index (χ0) is 27.9. The van der Waals surface area contributed by atoms with Gasteiger partial charge in [-0.1, -0.05) is 36.4 Å². The summed E-state index contributed by atoms with van der Waals surface area (Å²) in [4.78, 5) is 4.38. The number of benzene rings is 3. The van der Waals surface area contributed by atoms with E-state index in [-0.39, 0.29) is 29.6 Å². The van der Waals surface area contributed by atoms with Gasteiger partial charge in [-0.15, -0.1) is 10.2 Å². The normalized spacial score (nSPS) is 15.8. The van der Waals surface area contributed by atoms with Crippen molar-refractivity contribution in [1.82, 2.24) is 25.1 Å². The fraction of sp³-hybridized carbons (Fsp3) is 0.276. The Hall–Kier alpha value is -4.09. The number of nitrogens with one attached hydrogen (secondary N) is 1. The van der Waals surface area contributed by atoms with Crippen LogP contribution in [0.4, 0.5) is 17.6 Å². The van der Waals surface area contributed by atoms with Gasteiger partial charge in [0.2, 0.25) is 5.89 Å². The molecule has 40 heavy (non-hydrogen) atoms. The monoisotopic (exact) mass is 551 g/mol. The second kappa shape index (κ2) is 10.5. The molecule has 0 aliphatic carbocycles. The third-order valence-corrected chi connectivity index (χ3v) is 6.97. The van der Waals surface area contributed by atoms with Gasteiger partial charge in [0.1, 0.15) is 23.2 Å². The molecule has 2 aromatic heterocycles. The largest absolute Gasteiger partial charge is 0.435 e. The summed E-state index contributed by atoms with van der Waals surface area (Å²) in [5.74, 6) is -0.680. The van der Waals surface area contributed by atoms with E-state index in [1.54, 1.807) is 17.7 Å². The Morgan fingerprint density at radius 3 is 2.60 bits per heavy atom. The van der Waals surface area contributed by atoms with Gasteiger partial charge in [0.05, 0.1) is 11.7 Å². The number of nitrogens with zero attached hydrogens (tertiary/aromatic N) is 4. The molecule has 0 radical (unpaired) electrons. The van der Waals surface area contributed by atoms with Crippen molar-refractivity contribution in [2.45, 2.75) is 31.7 Å². The molecule has 1 atom stereocenters. The van der Waals surface area contributed by atoms with Crippen LogP contribution in [-0.2, 0) is 24.5 Å². The molecule has 7 nitrogen and oxygen atoms in total. The van der Waals surface area contributed by atoms with Crippen LogP contribution in [0.25, 0.3) is 45.1 Å². The molecule has 0 spiro atoms. The number of hydrogen-bond acceptors (Lipinski definition) is 6. The fourth-order valence-corrected chi connectivity index (χ4v) is 5.08. The smallest absolute Gasteiger partial charge is 0.420 e. The van der Waals surface area contributed by atoms with Gasteiger partial charge in [0.25, 0.3) is 0 Å². The highest BCUT2D eigenvalue weighted by atomic mass is 19.4. The molecule has 1 fully saturated rings. The van der Waals surface area contributed by atoms with Crippen LogP contribution in [0.2, 0.25) is 0 Å². The first-order chi connectivity index (χ1) is 19.3. The highest BCUT2D eigenvalue weighted by Crippen LogP contribution is 2.43. The summed E-state index contributed by atoms with van der Waals surface area (Å²) in [5, 5.41) is 11.3. The number of halogens is 4. The minimum atomic E-state index is -4.71. The van der Waals surface area contributed by atoms with Gasteiger partial charge >= 0.3 is 6.18 Å². The lowest BCUT2D eigenvalue weighted by molar-refractivity contribution is -0.136. The Morgan fingerprint density at radius 2 is 1.90 bits per heavy atom. The maximum absolute atomic E-state index is 15.6. The van der Waals surface area contributed by atoms with Crippen molar-refractivity contribution in [3.05, 3.63) is 77.9 Å². The average Bonchev–Trinajstić information content (AvgIpc) is 3.69. The topological polar surface area (TPSA) is 78.0 Å². The van der Waals surface area contributed by atoms with Gasteiger partial charge < -0.3 is 19.0 Å². The lowest BCUT2D eigenvalue weighted by Crippen LogP contribution is -2.25. The molecule has 0 saturated carbocycles. The van der Waals surface area contributed by atoms with Gasteiger partial charge in [-0.3, -0.25) is 0 Å². The third-order valence-electron chi connectivity index (χ3n) is 6.97. The van der Waals surface area contributed by atoms with Crippen molar-refractivity contribution >= 4 is 11.1 Å². The molecular formula is C29H25F4N5O2. The van der Waals surface area contributed by atoms with Crippen molar-refractivity contribution < 1.29 is 26.7 Å². The molecule has 206 valence electrons. The van der Waals surface area contributed by atoms with E-state index in [1.807, 2.05) is 30.3 Å². The quantitative estimate of drug-likeness (QED) is 0.237. The van der Waals surface area contributed by atoms with Gasteiger partial charge in [-0.05, 0) is 47.7 Å². The first-order valence-corrected chi connectivity index (χ1v) is 12.8. The van der Waals surface area contributed by atoms with E-state index in [1.165, 1.54) is 18.5 Å². The second-order valence-corrected chi connectivity index (χ2v) is 9.75. The Bertz CT molecular complexity index is 1660. The van der Waals surface area contributed by atoms with Crippen molar-refractivity contribution in [1.29, 1.82) is 0 Å². The number of aromatic nitrogens is 4. The zero-order valence-corrected chi connectivity index (χ0v) is 21.5. The van der Waals surface area contributed by atoms with Crippen molar-refractivity contribution in [3.63, 3.8) is 0 Å². The Morgan fingerprint density at radius 1 is 1.07 bits per heavy atom. The number of rotatable bonds is 7. The predicted octanol–water partition coefficient (Wildman–Crippen LogP) is 6.38. The van der Waals surface area contributed by atoms with Crippen LogP contribution in [-0.4, -0.2) is 39.0 Å². The van der Waals surface area contributed by atoms with E-state index < -0.39 is 23.1 Å². The third kappa shape index (κ3) is 4.98. The number of fused-ring (bicyclic) bond motifs is 1. The van der Waals surface area contributed by atoms with Crippen molar-refractivity contribution in [2.75, 3.05) is 13.2 Å². The molecule has 0 bridgehead atoms. The van der Waals surface area contributed by atoms with E-state index in [0.29, 0.717) is 35.7 Å². The summed E-state index contributed by atoms with van der Waals surface area (Å²) in [5.41, 5.74) is 0.497. The molecule has 1 N–H and O–H groups in total. The maximum Gasteiger partial charge on any atom is 0.420 e. The summed E-state index contributed by atoms with van der Waals surface area (Å²) in [7, 11) is 1.70. The Kier molecular flexibility index (Phi) is 6.85. The van der Waals surface area contributed by atoms with Crippen LogP contribution >= 0.6 is 0 Å². The summed E-state index contributed by atoms with van der Waals surface area (Å²) in [6.45, 7) is 1.40. The van der Waals surface area contributed by atoms with E-state index in [9.17, 15) is 13.2 Å². The fourth-order valence-electron chi connectivity index (χ4n) is 5.08. The predicted molar refractivity (Wildman–Crippen MR) is 141 cm³/mol. The molecule has 1 saturated heterocycles. The first-order valence-electron chi connectivity index (χ1n) is 12.8.